The van der Waals surface area contributed by atoms with Crippen LogP contribution in [0.15, 0.2) is 58.7 Å². The molecule has 0 aliphatic rings. The summed E-state index contributed by atoms with van der Waals surface area (Å²) in [6.45, 7) is 3.98. The number of aromatic amines is 1. The van der Waals surface area contributed by atoms with Crippen LogP contribution in [-0.4, -0.2) is 41.9 Å². The van der Waals surface area contributed by atoms with Gasteiger partial charge in [0.1, 0.15) is 5.69 Å². The van der Waals surface area contributed by atoms with Crippen LogP contribution in [0.4, 0.5) is 11.4 Å². The highest BCUT2D eigenvalue weighted by Crippen LogP contribution is 2.29. The predicted octanol–water partition coefficient (Wildman–Crippen LogP) is 3.55. The fourth-order valence-corrected chi connectivity index (χ4v) is 4.48. The highest BCUT2D eigenvalue weighted by atomic mass is 32.2. The van der Waals surface area contributed by atoms with E-state index in [4.69, 9.17) is 0 Å². The van der Waals surface area contributed by atoms with Gasteiger partial charge in [0.15, 0.2) is 0 Å². The first kappa shape index (κ1) is 20.5. The smallest absolute Gasteiger partial charge is 0.295 e. The van der Waals surface area contributed by atoms with Crippen LogP contribution in [0.5, 0.6) is 0 Å². The van der Waals surface area contributed by atoms with Crippen LogP contribution in [0.25, 0.3) is 10.9 Å². The van der Waals surface area contributed by atoms with Crippen LogP contribution >= 0.6 is 0 Å². The molecule has 0 amide bonds. The number of nitrogens with zero attached hydrogens (tertiary/aromatic N) is 3. The number of nitrogens with one attached hydrogen (secondary N) is 2. The van der Waals surface area contributed by atoms with E-state index in [9.17, 15) is 18.5 Å². The van der Waals surface area contributed by atoms with Crippen LogP contribution in [0.1, 0.15) is 19.4 Å². The maximum Gasteiger partial charge on any atom is 0.295 e. The molecule has 1 heterocycles. The lowest BCUT2D eigenvalue weighted by atomic mass is 10.2. The zero-order valence-electron chi connectivity index (χ0n) is 16.0. The number of hydrogen-bond acceptors (Lipinski definition) is 6. The van der Waals surface area contributed by atoms with Gasteiger partial charge in [-0.3, -0.25) is 15.5 Å². The number of rotatable bonds is 8. The summed E-state index contributed by atoms with van der Waals surface area (Å²) >= 11 is 0. The van der Waals surface area contributed by atoms with Crippen LogP contribution in [-0.2, 0) is 10.0 Å². The van der Waals surface area contributed by atoms with Crippen molar-refractivity contribution in [3.8, 4) is 0 Å². The van der Waals surface area contributed by atoms with Crippen molar-refractivity contribution in [3.63, 3.8) is 0 Å². The molecule has 10 heteroatoms. The molecule has 0 bridgehead atoms. The number of anilines is 1. The van der Waals surface area contributed by atoms with Gasteiger partial charge in [0, 0.05) is 41.8 Å². The van der Waals surface area contributed by atoms with Crippen LogP contribution in [0.2, 0.25) is 0 Å². The molecule has 0 aliphatic carbocycles. The Balaban J connectivity index is 1.89. The number of hydrogen-bond donors (Lipinski definition) is 2. The average Bonchev–Trinajstić information content (AvgIpc) is 3.12. The van der Waals surface area contributed by atoms with Crippen LogP contribution in [0, 0.1) is 10.1 Å². The molecule has 2 N–H and O–H groups in total. The first-order chi connectivity index (χ1) is 13.9. The van der Waals surface area contributed by atoms with Crippen molar-refractivity contribution >= 4 is 38.5 Å². The van der Waals surface area contributed by atoms with Crippen molar-refractivity contribution in [2.45, 2.75) is 18.7 Å². The van der Waals surface area contributed by atoms with Crippen molar-refractivity contribution in [2.24, 2.45) is 5.10 Å². The Morgan fingerprint density at radius 2 is 1.93 bits per heavy atom. The van der Waals surface area contributed by atoms with Gasteiger partial charge in [-0.1, -0.05) is 32.0 Å². The zero-order chi connectivity index (χ0) is 21.0. The number of H-pyrrole nitrogens is 1. The van der Waals surface area contributed by atoms with Gasteiger partial charge in [0.25, 0.3) is 5.69 Å². The van der Waals surface area contributed by atoms with Gasteiger partial charge in [-0.05, 0) is 18.2 Å². The predicted molar refractivity (Wildman–Crippen MR) is 113 cm³/mol. The molecule has 152 valence electrons. The van der Waals surface area contributed by atoms with E-state index in [2.05, 4.69) is 15.5 Å². The second kappa shape index (κ2) is 8.41. The second-order valence-electron chi connectivity index (χ2n) is 6.18. The highest BCUT2D eigenvalue weighted by molar-refractivity contribution is 7.89. The summed E-state index contributed by atoms with van der Waals surface area (Å²) in [6, 6.07) is 11.4. The molecule has 2 aromatic carbocycles. The molecule has 3 aromatic rings. The molecule has 9 nitrogen and oxygen atoms in total. The molecular formula is C19H21N5O4S. The van der Waals surface area contributed by atoms with Crippen LogP contribution in [0.3, 0.4) is 0 Å². The molecule has 0 radical (unpaired) electrons. The van der Waals surface area contributed by atoms with E-state index in [0.717, 1.165) is 22.5 Å². The Labute approximate surface area is 168 Å². The number of aromatic nitrogens is 1. The van der Waals surface area contributed by atoms with Gasteiger partial charge >= 0.3 is 0 Å². The maximum atomic E-state index is 12.6. The molecule has 29 heavy (non-hydrogen) atoms. The fourth-order valence-electron chi connectivity index (χ4n) is 3.00. The van der Waals surface area contributed by atoms with E-state index in [-0.39, 0.29) is 29.4 Å². The lowest BCUT2D eigenvalue weighted by molar-refractivity contribution is -0.384. The number of hydrazone groups is 1. The second-order valence-corrected chi connectivity index (χ2v) is 8.12. The molecular weight excluding hydrogens is 394 g/mol. The third-order valence-corrected chi connectivity index (χ3v) is 6.56. The van der Waals surface area contributed by atoms with Crippen molar-refractivity contribution < 1.29 is 13.3 Å². The lowest BCUT2D eigenvalue weighted by Crippen LogP contribution is -2.30. The maximum absolute atomic E-state index is 12.6. The number of fused-ring (bicyclic) bond motifs is 1. The average molecular weight is 415 g/mol. The van der Waals surface area contributed by atoms with Gasteiger partial charge in [0.2, 0.25) is 10.0 Å². The minimum Gasteiger partial charge on any atom is -0.361 e. The number of nitro groups is 1. The molecule has 0 aliphatic heterocycles. The minimum absolute atomic E-state index is 0.101. The Kier molecular flexibility index (Phi) is 5.95. The van der Waals surface area contributed by atoms with Gasteiger partial charge in [0.05, 0.1) is 16.0 Å². The van der Waals surface area contributed by atoms with E-state index < -0.39 is 14.9 Å². The lowest BCUT2D eigenvalue weighted by Gasteiger charge is -2.18. The van der Waals surface area contributed by atoms with E-state index in [1.54, 1.807) is 26.3 Å². The quantitative estimate of drug-likeness (QED) is 0.331. The van der Waals surface area contributed by atoms with E-state index in [0.29, 0.717) is 0 Å². The number of benzene rings is 2. The Morgan fingerprint density at radius 3 is 2.62 bits per heavy atom. The topological polar surface area (TPSA) is 121 Å². The first-order valence-electron chi connectivity index (χ1n) is 9.02. The SMILES string of the molecule is CCN(CC)S(=O)(=O)c1ccc(NN=Cc2c[nH]c3ccccc23)c([N+](=O)[O-])c1. The monoisotopic (exact) mass is 415 g/mol. The molecule has 1 aromatic heterocycles. The van der Waals surface area contributed by atoms with Crippen molar-refractivity contribution in [1.29, 1.82) is 0 Å². The van der Waals surface area contributed by atoms with Crippen molar-refractivity contribution in [1.82, 2.24) is 9.29 Å². The summed E-state index contributed by atoms with van der Waals surface area (Å²) in [4.78, 5) is 13.8. The fraction of sp³-hybridized carbons (Fsp3) is 0.211. The molecule has 0 fully saturated rings. The molecule has 3 rings (SSSR count). The summed E-state index contributed by atoms with van der Waals surface area (Å²) in [5.41, 5.74) is 4.14. The van der Waals surface area contributed by atoms with Crippen LogP contribution < -0.4 is 5.43 Å². The molecule has 0 saturated heterocycles. The normalized spacial score (nSPS) is 12.1. The molecule has 0 saturated carbocycles. The molecule has 0 unspecified atom stereocenters. The standard InChI is InChI=1S/C19H21N5O4S/c1-3-23(4-2)29(27,28)15-9-10-18(19(11-15)24(25)26)22-21-13-14-12-20-17-8-6-5-7-16(14)17/h5-13,20,22H,3-4H2,1-2H3. The molecule has 0 atom stereocenters. The summed E-state index contributed by atoms with van der Waals surface area (Å²) in [7, 11) is -3.80. The third kappa shape index (κ3) is 4.13. The summed E-state index contributed by atoms with van der Waals surface area (Å²) in [6.07, 6.45) is 3.33. The van der Waals surface area contributed by atoms with E-state index in [1.807, 2.05) is 24.3 Å². The summed E-state index contributed by atoms with van der Waals surface area (Å²) in [5, 5.41) is 16.5. The number of para-hydroxylation sites is 1. The van der Waals surface area contributed by atoms with Gasteiger partial charge < -0.3 is 4.98 Å². The largest absolute Gasteiger partial charge is 0.361 e. The first-order valence-corrected chi connectivity index (χ1v) is 10.5. The van der Waals surface area contributed by atoms with Gasteiger partial charge in [-0.25, -0.2) is 8.42 Å². The van der Waals surface area contributed by atoms with Crippen molar-refractivity contribution in [2.75, 3.05) is 18.5 Å². The minimum atomic E-state index is -3.80. The highest BCUT2D eigenvalue weighted by Gasteiger charge is 2.25. The number of sulfonamides is 1. The Hall–Kier alpha value is -3.24. The van der Waals surface area contributed by atoms with Gasteiger partial charge in [-0.2, -0.15) is 9.41 Å². The van der Waals surface area contributed by atoms with E-state index in [1.165, 1.54) is 16.4 Å². The number of nitro benzene ring substituents is 1. The Bertz CT molecular complexity index is 1170. The summed E-state index contributed by atoms with van der Waals surface area (Å²) in [5.74, 6) is 0. The van der Waals surface area contributed by atoms with E-state index >= 15 is 0 Å². The van der Waals surface area contributed by atoms with Gasteiger partial charge in [-0.15, -0.1) is 0 Å². The summed E-state index contributed by atoms with van der Waals surface area (Å²) < 4.78 is 26.5. The third-order valence-electron chi connectivity index (χ3n) is 4.52. The molecule has 0 spiro atoms. The zero-order valence-corrected chi connectivity index (χ0v) is 16.8. The Morgan fingerprint density at radius 1 is 1.21 bits per heavy atom. The van der Waals surface area contributed by atoms with Crippen molar-refractivity contribution in [3.05, 3.63) is 64.3 Å².